The minimum absolute atomic E-state index is 0.120. The maximum atomic E-state index is 13.2. The second-order valence-corrected chi connectivity index (χ2v) is 6.81. The fraction of sp³-hybridized carbons (Fsp3) is 0.150. The number of carbonyl (C=O) groups excluding carboxylic acids is 1. The second-order valence-electron chi connectivity index (χ2n) is 5.86. The first-order chi connectivity index (χ1) is 13.1. The lowest BCUT2D eigenvalue weighted by atomic mass is 10.2. The maximum absolute atomic E-state index is 13.2. The molecule has 27 heavy (non-hydrogen) atoms. The summed E-state index contributed by atoms with van der Waals surface area (Å²) in [5, 5.41) is 11.9. The highest BCUT2D eigenvalue weighted by Gasteiger charge is 2.15. The lowest BCUT2D eigenvalue weighted by Gasteiger charge is -2.09. The van der Waals surface area contributed by atoms with Crippen molar-refractivity contribution < 1.29 is 9.18 Å². The van der Waals surface area contributed by atoms with E-state index in [4.69, 9.17) is 0 Å². The molecule has 0 saturated heterocycles. The van der Waals surface area contributed by atoms with Gasteiger partial charge in [-0.25, -0.2) is 4.39 Å². The molecular formula is C20H19FN4OS. The van der Waals surface area contributed by atoms with E-state index in [1.165, 1.54) is 23.9 Å². The van der Waals surface area contributed by atoms with E-state index >= 15 is 0 Å². The number of benzene rings is 2. The Labute approximate surface area is 161 Å². The van der Waals surface area contributed by atoms with E-state index in [1.807, 2.05) is 35.8 Å². The Morgan fingerprint density at radius 1 is 1.22 bits per heavy atom. The lowest BCUT2D eigenvalue weighted by molar-refractivity contribution is -0.113. The molecule has 0 spiro atoms. The van der Waals surface area contributed by atoms with E-state index in [0.29, 0.717) is 17.5 Å². The van der Waals surface area contributed by atoms with Gasteiger partial charge in [-0.2, -0.15) is 0 Å². The molecule has 1 N–H and O–H groups in total. The number of aromatic nitrogens is 3. The van der Waals surface area contributed by atoms with Crippen LogP contribution < -0.4 is 5.32 Å². The molecular weight excluding hydrogens is 363 g/mol. The molecule has 3 rings (SSSR count). The highest BCUT2D eigenvalue weighted by Crippen LogP contribution is 2.24. The van der Waals surface area contributed by atoms with Crippen LogP contribution in [0.4, 0.5) is 10.1 Å². The van der Waals surface area contributed by atoms with Crippen LogP contribution in [-0.4, -0.2) is 26.4 Å². The highest BCUT2D eigenvalue weighted by atomic mass is 32.2. The molecule has 1 aromatic heterocycles. The largest absolute Gasteiger partial charge is 0.325 e. The summed E-state index contributed by atoms with van der Waals surface area (Å²) in [6, 6.07) is 13.7. The molecule has 138 valence electrons. The van der Waals surface area contributed by atoms with Gasteiger partial charge in [0.25, 0.3) is 0 Å². The van der Waals surface area contributed by atoms with Gasteiger partial charge in [0.2, 0.25) is 5.91 Å². The van der Waals surface area contributed by atoms with Gasteiger partial charge in [0.1, 0.15) is 5.82 Å². The van der Waals surface area contributed by atoms with E-state index in [-0.39, 0.29) is 17.5 Å². The van der Waals surface area contributed by atoms with Gasteiger partial charge in [0.05, 0.1) is 5.75 Å². The molecule has 0 aliphatic rings. The monoisotopic (exact) mass is 382 g/mol. The van der Waals surface area contributed by atoms with Crippen LogP contribution in [0, 0.1) is 12.7 Å². The van der Waals surface area contributed by atoms with E-state index in [9.17, 15) is 9.18 Å². The number of halogens is 1. The summed E-state index contributed by atoms with van der Waals surface area (Å²) in [5.74, 6) is 0.381. The zero-order valence-electron chi connectivity index (χ0n) is 14.9. The molecule has 0 radical (unpaired) electrons. The number of para-hydroxylation sites is 1. The average molecular weight is 382 g/mol. The number of rotatable bonds is 7. The summed E-state index contributed by atoms with van der Waals surface area (Å²) in [6.45, 7) is 6.19. The van der Waals surface area contributed by atoms with Crippen LogP contribution in [0.5, 0.6) is 0 Å². The standard InChI is InChI=1S/C20H19FN4OS/c1-3-12-25-19(15-8-10-16(21)11-9-15)23-24-20(25)27-13-18(26)22-17-7-5-4-6-14(17)2/h3-11H,1,12-13H2,2H3,(H,22,26). The number of thioether (sulfide) groups is 1. The van der Waals surface area contributed by atoms with Crippen molar-refractivity contribution in [2.45, 2.75) is 18.6 Å². The van der Waals surface area contributed by atoms with Crippen LogP contribution in [0.3, 0.4) is 0 Å². The van der Waals surface area contributed by atoms with Crippen molar-refractivity contribution in [3.8, 4) is 11.4 Å². The van der Waals surface area contributed by atoms with Gasteiger partial charge >= 0.3 is 0 Å². The Hall–Kier alpha value is -2.93. The van der Waals surface area contributed by atoms with Crippen LogP contribution in [-0.2, 0) is 11.3 Å². The predicted molar refractivity (Wildman–Crippen MR) is 106 cm³/mol. The molecule has 7 heteroatoms. The SMILES string of the molecule is C=CCn1c(SCC(=O)Nc2ccccc2C)nnc1-c1ccc(F)cc1. The molecule has 1 heterocycles. The van der Waals surface area contributed by atoms with Gasteiger partial charge in [0, 0.05) is 17.8 Å². The average Bonchev–Trinajstić information content (AvgIpc) is 3.06. The number of nitrogens with one attached hydrogen (secondary N) is 1. The Kier molecular flexibility index (Phi) is 6.03. The number of nitrogens with zero attached hydrogens (tertiary/aromatic N) is 3. The first kappa shape index (κ1) is 18.8. The maximum Gasteiger partial charge on any atom is 0.234 e. The number of amides is 1. The van der Waals surface area contributed by atoms with Crippen molar-refractivity contribution in [2.24, 2.45) is 0 Å². The fourth-order valence-corrected chi connectivity index (χ4v) is 3.28. The van der Waals surface area contributed by atoms with Crippen molar-refractivity contribution in [3.63, 3.8) is 0 Å². The Morgan fingerprint density at radius 2 is 1.96 bits per heavy atom. The van der Waals surface area contributed by atoms with Crippen molar-refractivity contribution >= 4 is 23.4 Å². The quantitative estimate of drug-likeness (QED) is 0.489. The van der Waals surface area contributed by atoms with Gasteiger partial charge in [-0.15, -0.1) is 16.8 Å². The highest BCUT2D eigenvalue weighted by molar-refractivity contribution is 7.99. The van der Waals surface area contributed by atoms with Crippen molar-refractivity contribution in [1.82, 2.24) is 14.8 Å². The molecule has 5 nitrogen and oxygen atoms in total. The van der Waals surface area contributed by atoms with Crippen LogP contribution >= 0.6 is 11.8 Å². The summed E-state index contributed by atoms with van der Waals surface area (Å²) in [7, 11) is 0. The number of anilines is 1. The first-order valence-corrected chi connectivity index (χ1v) is 9.35. The third-order valence-corrected chi connectivity index (χ3v) is 4.85. The van der Waals surface area contributed by atoms with Gasteiger partial charge in [-0.05, 0) is 42.8 Å². The van der Waals surface area contributed by atoms with Crippen LogP contribution in [0.25, 0.3) is 11.4 Å². The Morgan fingerprint density at radius 3 is 2.67 bits per heavy atom. The van der Waals surface area contributed by atoms with Gasteiger partial charge in [-0.3, -0.25) is 9.36 Å². The van der Waals surface area contributed by atoms with Crippen molar-refractivity contribution in [1.29, 1.82) is 0 Å². The van der Waals surface area contributed by atoms with Crippen LogP contribution in [0.1, 0.15) is 5.56 Å². The lowest BCUT2D eigenvalue weighted by Crippen LogP contribution is -2.15. The third-order valence-electron chi connectivity index (χ3n) is 3.88. The molecule has 0 atom stereocenters. The smallest absolute Gasteiger partial charge is 0.234 e. The summed E-state index contributed by atoms with van der Waals surface area (Å²) in [4.78, 5) is 12.3. The second kappa shape index (κ2) is 8.64. The summed E-state index contributed by atoms with van der Waals surface area (Å²) in [6.07, 6.45) is 1.73. The van der Waals surface area contributed by atoms with E-state index in [2.05, 4.69) is 22.1 Å². The van der Waals surface area contributed by atoms with Gasteiger partial charge in [-0.1, -0.05) is 36.0 Å². The summed E-state index contributed by atoms with van der Waals surface area (Å²) in [5.41, 5.74) is 2.55. The Balaban J connectivity index is 1.73. The topological polar surface area (TPSA) is 59.8 Å². The summed E-state index contributed by atoms with van der Waals surface area (Å²) < 4.78 is 15.0. The molecule has 0 saturated carbocycles. The normalized spacial score (nSPS) is 10.6. The Bertz CT molecular complexity index is 953. The fourth-order valence-electron chi connectivity index (χ4n) is 2.53. The molecule has 2 aromatic carbocycles. The number of hydrogen-bond acceptors (Lipinski definition) is 4. The van der Waals surface area contributed by atoms with E-state index < -0.39 is 0 Å². The number of carbonyl (C=O) groups is 1. The minimum atomic E-state index is -0.309. The van der Waals surface area contributed by atoms with Crippen molar-refractivity contribution in [3.05, 3.63) is 72.6 Å². The van der Waals surface area contributed by atoms with Gasteiger partial charge in [0.15, 0.2) is 11.0 Å². The number of hydrogen-bond donors (Lipinski definition) is 1. The summed E-state index contributed by atoms with van der Waals surface area (Å²) >= 11 is 1.29. The first-order valence-electron chi connectivity index (χ1n) is 8.37. The zero-order chi connectivity index (χ0) is 19.2. The number of aryl methyl sites for hydroxylation is 1. The van der Waals surface area contributed by atoms with E-state index in [1.54, 1.807) is 18.2 Å². The molecule has 0 bridgehead atoms. The molecule has 0 aliphatic carbocycles. The minimum Gasteiger partial charge on any atom is -0.325 e. The van der Waals surface area contributed by atoms with Crippen molar-refractivity contribution in [2.75, 3.05) is 11.1 Å². The molecule has 1 amide bonds. The molecule has 0 unspecified atom stereocenters. The molecule has 0 aliphatic heterocycles. The third kappa shape index (κ3) is 4.62. The van der Waals surface area contributed by atoms with Gasteiger partial charge < -0.3 is 5.32 Å². The molecule has 0 fully saturated rings. The number of allylic oxidation sites excluding steroid dienone is 1. The predicted octanol–water partition coefficient (Wildman–Crippen LogP) is 4.31. The van der Waals surface area contributed by atoms with E-state index in [0.717, 1.165) is 16.8 Å². The van der Waals surface area contributed by atoms with Crippen LogP contribution in [0.2, 0.25) is 0 Å². The van der Waals surface area contributed by atoms with Crippen LogP contribution in [0.15, 0.2) is 66.3 Å². The zero-order valence-corrected chi connectivity index (χ0v) is 15.7. The molecule has 3 aromatic rings.